The highest BCUT2D eigenvalue weighted by Gasteiger charge is 2.30. The molecular formula is C14H12F4O2. The fourth-order valence-electron chi connectivity index (χ4n) is 1.23. The molecule has 2 aromatic carbocycles. The lowest BCUT2D eigenvalue weighted by molar-refractivity contribution is -0.274. The lowest BCUT2D eigenvalue weighted by atomic mass is 10.3. The maximum Gasteiger partial charge on any atom is 0.573 e. The third kappa shape index (κ3) is 6.08. The van der Waals surface area contributed by atoms with Crippen LogP contribution in [0.5, 0.6) is 11.5 Å². The molecule has 0 aliphatic rings. The van der Waals surface area contributed by atoms with E-state index in [1.165, 1.54) is 37.4 Å². The third-order valence-corrected chi connectivity index (χ3v) is 2.03. The van der Waals surface area contributed by atoms with E-state index in [-0.39, 0.29) is 17.3 Å². The second-order valence-corrected chi connectivity index (χ2v) is 3.50. The van der Waals surface area contributed by atoms with Crippen molar-refractivity contribution in [1.82, 2.24) is 0 Å². The first-order chi connectivity index (χ1) is 9.42. The highest BCUT2D eigenvalue weighted by atomic mass is 19.4. The number of halogens is 4. The summed E-state index contributed by atoms with van der Waals surface area (Å²) in [5.74, 6) is -0.225. The van der Waals surface area contributed by atoms with Crippen LogP contribution in [0, 0.1) is 5.82 Å². The summed E-state index contributed by atoms with van der Waals surface area (Å²) >= 11 is 0. The van der Waals surface area contributed by atoms with Gasteiger partial charge in [-0.2, -0.15) is 0 Å². The molecule has 0 N–H and O–H groups in total. The average molecular weight is 288 g/mol. The van der Waals surface area contributed by atoms with E-state index in [0.717, 1.165) is 0 Å². The first kappa shape index (κ1) is 15.8. The molecule has 0 heterocycles. The van der Waals surface area contributed by atoms with Gasteiger partial charge in [-0.3, -0.25) is 0 Å². The van der Waals surface area contributed by atoms with E-state index in [0.29, 0.717) is 0 Å². The number of benzene rings is 2. The van der Waals surface area contributed by atoms with Crippen molar-refractivity contribution >= 4 is 0 Å². The van der Waals surface area contributed by atoms with Crippen molar-refractivity contribution in [2.24, 2.45) is 0 Å². The summed E-state index contributed by atoms with van der Waals surface area (Å²) in [6.07, 6.45) is -4.60. The minimum absolute atomic E-state index is 0.194. The van der Waals surface area contributed by atoms with Crippen LogP contribution in [0.15, 0.2) is 54.6 Å². The van der Waals surface area contributed by atoms with Crippen molar-refractivity contribution < 1.29 is 27.0 Å². The van der Waals surface area contributed by atoms with Gasteiger partial charge in [-0.25, -0.2) is 4.39 Å². The number of methoxy groups -OCH3 is 1. The molecule has 2 aromatic rings. The van der Waals surface area contributed by atoms with E-state index < -0.39 is 6.36 Å². The summed E-state index contributed by atoms with van der Waals surface area (Å²) in [7, 11) is 1.44. The van der Waals surface area contributed by atoms with Gasteiger partial charge in [0.15, 0.2) is 11.6 Å². The van der Waals surface area contributed by atoms with Crippen molar-refractivity contribution in [3.63, 3.8) is 0 Å². The van der Waals surface area contributed by atoms with Crippen LogP contribution in [0.2, 0.25) is 0 Å². The molecule has 6 heteroatoms. The van der Waals surface area contributed by atoms with Crippen LogP contribution in [0.25, 0.3) is 0 Å². The lowest BCUT2D eigenvalue weighted by Crippen LogP contribution is -2.16. The molecule has 0 aliphatic carbocycles. The minimum Gasteiger partial charge on any atom is -0.494 e. The van der Waals surface area contributed by atoms with E-state index in [4.69, 9.17) is 0 Å². The van der Waals surface area contributed by atoms with E-state index in [1.54, 1.807) is 24.3 Å². The van der Waals surface area contributed by atoms with Crippen molar-refractivity contribution in [2.75, 3.05) is 7.11 Å². The number of hydrogen-bond donors (Lipinski definition) is 0. The van der Waals surface area contributed by atoms with Crippen molar-refractivity contribution in [3.05, 3.63) is 60.4 Å². The Labute approximate surface area is 113 Å². The van der Waals surface area contributed by atoms with Crippen LogP contribution >= 0.6 is 0 Å². The largest absolute Gasteiger partial charge is 0.573 e. The number of hydrogen-bond acceptors (Lipinski definition) is 2. The van der Waals surface area contributed by atoms with Crippen LogP contribution in [-0.2, 0) is 0 Å². The Morgan fingerprint density at radius 3 is 1.85 bits per heavy atom. The third-order valence-electron chi connectivity index (χ3n) is 2.03. The smallest absolute Gasteiger partial charge is 0.494 e. The fraction of sp³-hybridized carbons (Fsp3) is 0.143. The van der Waals surface area contributed by atoms with Crippen molar-refractivity contribution in [3.8, 4) is 11.5 Å². The Kier molecular flexibility index (Phi) is 5.83. The molecule has 20 heavy (non-hydrogen) atoms. The normalized spacial score (nSPS) is 10.2. The molecular weight excluding hydrogens is 276 g/mol. The fourth-order valence-corrected chi connectivity index (χ4v) is 1.23. The van der Waals surface area contributed by atoms with E-state index in [1.807, 2.05) is 0 Å². The molecule has 108 valence electrons. The molecule has 0 saturated carbocycles. The lowest BCUT2D eigenvalue weighted by Gasteiger charge is -2.07. The average Bonchev–Trinajstić information content (AvgIpc) is 2.39. The van der Waals surface area contributed by atoms with E-state index in [9.17, 15) is 17.6 Å². The number of rotatable bonds is 2. The molecule has 0 aliphatic heterocycles. The standard InChI is InChI=1S/C7H5F3O.C7H7FO/c8-7(9,10)11-6-4-2-1-3-5-6;1-9-7-5-3-2-4-6(7)8/h1-5H;2-5H,1H3. The molecule has 0 atom stereocenters. The number of alkyl halides is 3. The predicted octanol–water partition coefficient (Wildman–Crippen LogP) is 4.42. The zero-order valence-corrected chi connectivity index (χ0v) is 10.5. The molecule has 0 unspecified atom stereocenters. The molecule has 0 radical (unpaired) electrons. The van der Waals surface area contributed by atoms with Gasteiger partial charge < -0.3 is 9.47 Å². The Morgan fingerprint density at radius 1 is 0.850 bits per heavy atom. The first-order valence-electron chi connectivity index (χ1n) is 5.51. The second-order valence-electron chi connectivity index (χ2n) is 3.50. The maximum atomic E-state index is 12.5. The monoisotopic (exact) mass is 288 g/mol. The van der Waals surface area contributed by atoms with Gasteiger partial charge in [0, 0.05) is 0 Å². The Balaban J connectivity index is 0.000000204. The van der Waals surface area contributed by atoms with Crippen LogP contribution in [0.4, 0.5) is 17.6 Å². The van der Waals surface area contributed by atoms with Crippen molar-refractivity contribution in [1.29, 1.82) is 0 Å². The topological polar surface area (TPSA) is 18.5 Å². The molecule has 0 saturated heterocycles. The Morgan fingerprint density at radius 2 is 1.40 bits per heavy atom. The van der Waals surface area contributed by atoms with Gasteiger partial charge in [-0.1, -0.05) is 30.3 Å². The molecule has 0 fully saturated rings. The molecule has 0 aromatic heterocycles. The summed E-state index contributed by atoms with van der Waals surface area (Å²) < 4.78 is 55.3. The van der Waals surface area contributed by atoms with Crippen molar-refractivity contribution in [2.45, 2.75) is 6.36 Å². The quantitative estimate of drug-likeness (QED) is 0.762. The van der Waals surface area contributed by atoms with E-state index >= 15 is 0 Å². The van der Waals surface area contributed by atoms with Gasteiger partial charge in [0.05, 0.1) is 7.11 Å². The molecule has 2 rings (SSSR count). The zero-order chi connectivity index (χ0) is 15.0. The highest BCUT2D eigenvalue weighted by molar-refractivity contribution is 5.23. The van der Waals surface area contributed by atoms with Gasteiger partial charge in [-0.05, 0) is 24.3 Å². The predicted molar refractivity (Wildman–Crippen MR) is 66.1 cm³/mol. The summed E-state index contributed by atoms with van der Waals surface area (Å²) in [6.45, 7) is 0. The maximum absolute atomic E-state index is 12.5. The Hall–Kier alpha value is -2.24. The van der Waals surface area contributed by atoms with Gasteiger partial charge in [-0.15, -0.1) is 13.2 Å². The van der Waals surface area contributed by atoms with Crippen LogP contribution in [-0.4, -0.2) is 13.5 Å². The van der Waals surface area contributed by atoms with Crippen LogP contribution in [0.3, 0.4) is 0 Å². The van der Waals surface area contributed by atoms with Crippen LogP contribution in [0.1, 0.15) is 0 Å². The van der Waals surface area contributed by atoms with Gasteiger partial charge in [0.25, 0.3) is 0 Å². The molecule has 0 bridgehead atoms. The summed E-state index contributed by atoms with van der Waals surface area (Å²) in [5.41, 5.74) is 0. The molecule has 0 amide bonds. The first-order valence-corrected chi connectivity index (χ1v) is 5.51. The number of para-hydroxylation sites is 2. The molecule has 0 spiro atoms. The van der Waals surface area contributed by atoms with Crippen LogP contribution < -0.4 is 9.47 Å². The highest BCUT2D eigenvalue weighted by Crippen LogP contribution is 2.21. The molecule has 2 nitrogen and oxygen atoms in total. The summed E-state index contributed by atoms with van der Waals surface area (Å²) in [4.78, 5) is 0. The number of ether oxygens (including phenoxy) is 2. The second kappa shape index (κ2) is 7.37. The van der Waals surface area contributed by atoms with Gasteiger partial charge in [0.1, 0.15) is 5.75 Å². The van der Waals surface area contributed by atoms with E-state index in [2.05, 4.69) is 9.47 Å². The van der Waals surface area contributed by atoms with Gasteiger partial charge >= 0.3 is 6.36 Å². The minimum atomic E-state index is -4.60. The summed E-state index contributed by atoms with van der Waals surface area (Å²) in [5, 5.41) is 0. The Bertz CT molecular complexity index is 512. The zero-order valence-electron chi connectivity index (χ0n) is 10.5. The SMILES string of the molecule is COc1ccccc1F.FC(F)(F)Oc1ccccc1. The van der Waals surface area contributed by atoms with Gasteiger partial charge in [0.2, 0.25) is 0 Å². The summed E-state index contributed by atoms with van der Waals surface area (Å²) in [6, 6.07) is 13.3.